The molecule has 0 aliphatic carbocycles. The Hall–Kier alpha value is -3.15. The van der Waals surface area contributed by atoms with E-state index >= 15 is 0 Å². The van der Waals surface area contributed by atoms with Gasteiger partial charge in [-0.2, -0.15) is 5.10 Å². The zero-order chi connectivity index (χ0) is 19.9. The number of amides is 1. The van der Waals surface area contributed by atoms with Gasteiger partial charge in [-0.15, -0.1) is 0 Å². The lowest BCUT2D eigenvalue weighted by Gasteiger charge is -2.11. The number of nitrogens with zero attached hydrogens (tertiary/aromatic N) is 2. The van der Waals surface area contributed by atoms with Crippen LogP contribution in [0.3, 0.4) is 0 Å². The van der Waals surface area contributed by atoms with Crippen LogP contribution in [-0.4, -0.2) is 22.3 Å². The number of aromatic nitrogens is 2. The zero-order valence-electron chi connectivity index (χ0n) is 16.3. The summed E-state index contributed by atoms with van der Waals surface area (Å²) < 4.78 is 6.83. The van der Waals surface area contributed by atoms with Crippen molar-refractivity contribution < 1.29 is 9.53 Å². The number of nitrogens with one attached hydrogen (secondary N) is 1. The third-order valence-corrected chi connectivity index (χ3v) is 4.48. The number of carbonyl (C=O) groups excluding carboxylic acids is 1. The summed E-state index contributed by atoms with van der Waals surface area (Å²) in [7, 11) is 0. The minimum atomic E-state index is -0.343. The average Bonchev–Trinajstić information content (AvgIpc) is 2.71. The molecule has 0 spiro atoms. The van der Waals surface area contributed by atoms with E-state index in [0.717, 1.165) is 25.0 Å². The van der Waals surface area contributed by atoms with Crippen molar-refractivity contribution in [1.82, 2.24) is 9.78 Å². The maximum absolute atomic E-state index is 12.9. The van der Waals surface area contributed by atoms with Crippen LogP contribution < -0.4 is 15.6 Å². The molecule has 0 atom stereocenters. The van der Waals surface area contributed by atoms with Crippen LogP contribution in [0.2, 0.25) is 0 Å². The Bertz CT molecular complexity index is 1010. The van der Waals surface area contributed by atoms with Crippen molar-refractivity contribution in [3.05, 3.63) is 64.6 Å². The molecule has 0 aliphatic heterocycles. The van der Waals surface area contributed by atoms with E-state index in [0.29, 0.717) is 29.6 Å². The molecule has 3 rings (SSSR count). The first kappa shape index (κ1) is 19.6. The fourth-order valence-electron chi connectivity index (χ4n) is 3.06. The molecule has 0 unspecified atom stereocenters. The molecule has 6 heteroatoms. The van der Waals surface area contributed by atoms with Crippen LogP contribution >= 0.6 is 0 Å². The van der Waals surface area contributed by atoms with Crippen molar-refractivity contribution in [3.63, 3.8) is 0 Å². The van der Waals surface area contributed by atoms with Crippen LogP contribution in [0, 0.1) is 0 Å². The lowest BCUT2D eigenvalue weighted by atomic mass is 10.1. The van der Waals surface area contributed by atoms with Crippen LogP contribution in [-0.2, 0) is 6.54 Å². The predicted octanol–water partition coefficient (Wildman–Crippen LogP) is 4.24. The van der Waals surface area contributed by atoms with Crippen LogP contribution in [0.15, 0.2) is 53.3 Å². The molecule has 6 nitrogen and oxygen atoms in total. The maximum Gasteiger partial charge on any atom is 0.276 e. The highest BCUT2D eigenvalue weighted by molar-refractivity contribution is 6.11. The van der Waals surface area contributed by atoms with Gasteiger partial charge in [0.15, 0.2) is 5.69 Å². The average molecular weight is 379 g/mol. The summed E-state index contributed by atoms with van der Waals surface area (Å²) in [6.45, 7) is 5.11. The van der Waals surface area contributed by atoms with Gasteiger partial charge in [0.2, 0.25) is 0 Å². The van der Waals surface area contributed by atoms with Crippen LogP contribution in [0.25, 0.3) is 10.8 Å². The highest BCUT2D eigenvalue weighted by Crippen LogP contribution is 2.18. The summed E-state index contributed by atoms with van der Waals surface area (Å²) in [6, 6.07) is 14.3. The molecule has 1 heterocycles. The molecule has 0 saturated carbocycles. The number of fused-ring (bicyclic) bond motifs is 1. The number of carbonyl (C=O) groups is 1. The van der Waals surface area contributed by atoms with E-state index in [9.17, 15) is 9.59 Å². The van der Waals surface area contributed by atoms with Gasteiger partial charge in [-0.3, -0.25) is 9.59 Å². The Morgan fingerprint density at radius 2 is 1.75 bits per heavy atom. The second-order valence-corrected chi connectivity index (χ2v) is 6.54. The van der Waals surface area contributed by atoms with Crippen molar-refractivity contribution in [1.29, 1.82) is 0 Å². The van der Waals surface area contributed by atoms with E-state index in [-0.39, 0.29) is 17.2 Å². The second kappa shape index (κ2) is 9.17. The third kappa shape index (κ3) is 4.39. The number of benzene rings is 2. The van der Waals surface area contributed by atoms with Gasteiger partial charge in [-0.05, 0) is 43.7 Å². The molecule has 1 amide bonds. The number of unbranched alkanes of at least 4 members (excludes halogenated alkanes) is 2. The van der Waals surface area contributed by atoms with E-state index in [1.807, 2.05) is 6.92 Å². The Kier molecular flexibility index (Phi) is 6.42. The summed E-state index contributed by atoms with van der Waals surface area (Å²) in [5, 5.41) is 8.31. The molecule has 1 N–H and O–H groups in total. The van der Waals surface area contributed by atoms with Gasteiger partial charge in [0.05, 0.1) is 12.0 Å². The summed E-state index contributed by atoms with van der Waals surface area (Å²) >= 11 is 0. The zero-order valence-corrected chi connectivity index (χ0v) is 16.3. The van der Waals surface area contributed by atoms with Gasteiger partial charge in [-0.1, -0.05) is 38.0 Å². The molecule has 0 fully saturated rings. The van der Waals surface area contributed by atoms with E-state index in [1.165, 1.54) is 4.68 Å². The quantitative estimate of drug-likeness (QED) is 0.594. The Balaban J connectivity index is 1.92. The van der Waals surface area contributed by atoms with E-state index in [1.54, 1.807) is 48.5 Å². The van der Waals surface area contributed by atoms with Crippen molar-refractivity contribution >= 4 is 22.4 Å². The van der Waals surface area contributed by atoms with Crippen molar-refractivity contribution in [2.75, 3.05) is 11.9 Å². The number of hydrogen-bond acceptors (Lipinski definition) is 4. The number of aryl methyl sites for hydroxylation is 1. The molecular weight excluding hydrogens is 354 g/mol. The number of rotatable bonds is 8. The van der Waals surface area contributed by atoms with Gasteiger partial charge < -0.3 is 10.1 Å². The fraction of sp³-hybridized carbons (Fsp3) is 0.318. The van der Waals surface area contributed by atoms with Crippen molar-refractivity contribution in [2.24, 2.45) is 0 Å². The lowest BCUT2D eigenvalue weighted by Crippen LogP contribution is -2.27. The molecule has 0 bridgehead atoms. The molecule has 0 radical (unpaired) electrons. The fourth-order valence-corrected chi connectivity index (χ4v) is 3.06. The minimum Gasteiger partial charge on any atom is -0.494 e. The standard InChI is InChI=1S/C22H25N3O3/c1-3-5-8-15-25-22(27)19-10-7-6-9-18(19)20(24-25)21(26)23-16-11-13-17(14-12-16)28-4-2/h6-7,9-14H,3-5,8,15H2,1-2H3,(H,23,26). The summed E-state index contributed by atoms with van der Waals surface area (Å²) in [4.78, 5) is 25.6. The molecule has 3 aromatic rings. The summed E-state index contributed by atoms with van der Waals surface area (Å²) in [5.74, 6) is 0.401. The second-order valence-electron chi connectivity index (χ2n) is 6.54. The highest BCUT2D eigenvalue weighted by Gasteiger charge is 2.16. The molecule has 2 aromatic carbocycles. The van der Waals surface area contributed by atoms with Gasteiger partial charge in [0.25, 0.3) is 11.5 Å². The number of ether oxygens (including phenoxy) is 1. The molecule has 1 aromatic heterocycles. The first-order valence-corrected chi connectivity index (χ1v) is 9.68. The van der Waals surface area contributed by atoms with Gasteiger partial charge in [0, 0.05) is 17.6 Å². The predicted molar refractivity (Wildman–Crippen MR) is 111 cm³/mol. The largest absolute Gasteiger partial charge is 0.494 e. The SMILES string of the molecule is CCCCCn1nc(C(=O)Nc2ccc(OCC)cc2)c2ccccc2c1=O. The van der Waals surface area contributed by atoms with Crippen molar-refractivity contribution in [2.45, 2.75) is 39.7 Å². The smallest absolute Gasteiger partial charge is 0.276 e. The van der Waals surface area contributed by atoms with E-state index in [4.69, 9.17) is 4.74 Å². The monoisotopic (exact) mass is 379 g/mol. The lowest BCUT2D eigenvalue weighted by molar-refractivity contribution is 0.102. The summed E-state index contributed by atoms with van der Waals surface area (Å²) in [6.07, 6.45) is 2.91. The van der Waals surface area contributed by atoms with Crippen LogP contribution in [0.4, 0.5) is 5.69 Å². The molecular formula is C22H25N3O3. The molecule has 0 aliphatic rings. The van der Waals surface area contributed by atoms with Crippen LogP contribution in [0.1, 0.15) is 43.6 Å². The summed E-state index contributed by atoms with van der Waals surface area (Å²) in [5.41, 5.74) is 0.730. The van der Waals surface area contributed by atoms with Gasteiger partial charge in [0.1, 0.15) is 5.75 Å². The van der Waals surface area contributed by atoms with E-state index < -0.39 is 0 Å². The molecule has 28 heavy (non-hydrogen) atoms. The minimum absolute atomic E-state index is 0.163. The topological polar surface area (TPSA) is 73.2 Å². The highest BCUT2D eigenvalue weighted by atomic mass is 16.5. The Labute approximate surface area is 164 Å². The maximum atomic E-state index is 12.9. The first-order valence-electron chi connectivity index (χ1n) is 9.68. The van der Waals surface area contributed by atoms with Crippen LogP contribution in [0.5, 0.6) is 5.75 Å². The normalized spacial score (nSPS) is 10.8. The van der Waals surface area contributed by atoms with Gasteiger partial charge >= 0.3 is 0 Å². The number of anilines is 1. The third-order valence-electron chi connectivity index (χ3n) is 4.48. The Morgan fingerprint density at radius 1 is 1.04 bits per heavy atom. The van der Waals surface area contributed by atoms with Gasteiger partial charge in [-0.25, -0.2) is 4.68 Å². The first-order chi connectivity index (χ1) is 13.6. The molecule has 146 valence electrons. The Morgan fingerprint density at radius 3 is 2.43 bits per heavy atom. The van der Waals surface area contributed by atoms with E-state index in [2.05, 4.69) is 17.3 Å². The van der Waals surface area contributed by atoms with Crippen molar-refractivity contribution in [3.8, 4) is 5.75 Å². The molecule has 0 saturated heterocycles. The number of hydrogen-bond donors (Lipinski definition) is 1.